The summed E-state index contributed by atoms with van der Waals surface area (Å²) in [6.45, 7) is 2.63. The van der Waals surface area contributed by atoms with Crippen molar-refractivity contribution in [1.29, 1.82) is 0 Å². The van der Waals surface area contributed by atoms with E-state index in [0.717, 1.165) is 22.4 Å². The second-order valence-electron chi connectivity index (χ2n) is 5.09. The molecule has 2 aromatic carbocycles. The van der Waals surface area contributed by atoms with Crippen LogP contribution in [0.25, 0.3) is 0 Å². The molecule has 0 aromatic heterocycles. The third-order valence-corrected chi connectivity index (χ3v) is 3.43. The van der Waals surface area contributed by atoms with Gasteiger partial charge in [-0.1, -0.05) is 36.4 Å². The van der Waals surface area contributed by atoms with Crippen LogP contribution in [0, 0.1) is 6.92 Å². The molecule has 20 heavy (non-hydrogen) atoms. The molecule has 0 aliphatic carbocycles. The van der Waals surface area contributed by atoms with Crippen LogP contribution in [0.5, 0.6) is 0 Å². The first-order valence-corrected chi connectivity index (χ1v) is 6.69. The van der Waals surface area contributed by atoms with Gasteiger partial charge < -0.3 is 10.6 Å². The monoisotopic (exact) mass is 268 g/mol. The summed E-state index contributed by atoms with van der Waals surface area (Å²) >= 11 is 0. The van der Waals surface area contributed by atoms with E-state index < -0.39 is 0 Å². The summed E-state index contributed by atoms with van der Waals surface area (Å²) in [5.74, 6) is 0.121. The molecular formula is C17H20N2O. The minimum Gasteiger partial charge on any atom is -0.399 e. The molecule has 1 amide bonds. The number of nitrogens with two attached hydrogens (primary N) is 1. The molecular weight excluding hydrogens is 248 g/mol. The Morgan fingerprint density at radius 1 is 1.10 bits per heavy atom. The Balaban J connectivity index is 1.99. The molecule has 0 aliphatic heterocycles. The Kier molecular flexibility index (Phi) is 4.41. The number of carbonyl (C=O) groups is 1. The van der Waals surface area contributed by atoms with E-state index in [4.69, 9.17) is 5.73 Å². The maximum atomic E-state index is 12.2. The summed E-state index contributed by atoms with van der Waals surface area (Å²) in [5.41, 5.74) is 9.72. The van der Waals surface area contributed by atoms with Gasteiger partial charge >= 0.3 is 0 Å². The van der Waals surface area contributed by atoms with E-state index in [1.807, 2.05) is 62.5 Å². The topological polar surface area (TPSA) is 46.3 Å². The summed E-state index contributed by atoms with van der Waals surface area (Å²) in [6.07, 6.45) is 0.443. The molecule has 2 rings (SSSR count). The van der Waals surface area contributed by atoms with Gasteiger partial charge in [0.1, 0.15) is 0 Å². The lowest BCUT2D eigenvalue weighted by atomic mass is 10.1. The van der Waals surface area contributed by atoms with E-state index in [9.17, 15) is 4.79 Å². The lowest BCUT2D eigenvalue weighted by Crippen LogP contribution is -2.27. The molecule has 0 fully saturated rings. The number of likely N-dealkylation sites (N-methyl/N-ethyl adjacent to an activating group) is 1. The Hall–Kier alpha value is -2.29. The second kappa shape index (κ2) is 6.24. The molecule has 2 aromatic rings. The Labute approximate surface area is 120 Å². The van der Waals surface area contributed by atoms with Crippen molar-refractivity contribution in [3.63, 3.8) is 0 Å². The average molecular weight is 268 g/mol. The van der Waals surface area contributed by atoms with Gasteiger partial charge in [0.15, 0.2) is 0 Å². The van der Waals surface area contributed by atoms with Crippen LogP contribution < -0.4 is 5.73 Å². The number of aryl methyl sites for hydroxylation is 1. The quantitative estimate of drug-likeness (QED) is 0.867. The van der Waals surface area contributed by atoms with Crippen molar-refractivity contribution in [2.45, 2.75) is 19.9 Å². The van der Waals surface area contributed by atoms with Crippen LogP contribution >= 0.6 is 0 Å². The molecule has 104 valence electrons. The average Bonchev–Trinajstić information content (AvgIpc) is 2.44. The van der Waals surface area contributed by atoms with Gasteiger partial charge in [-0.2, -0.15) is 0 Å². The third kappa shape index (κ3) is 3.60. The molecule has 0 radical (unpaired) electrons. The number of benzene rings is 2. The van der Waals surface area contributed by atoms with Crippen molar-refractivity contribution in [2.75, 3.05) is 12.8 Å². The largest absolute Gasteiger partial charge is 0.399 e. The summed E-state index contributed by atoms with van der Waals surface area (Å²) in [6, 6.07) is 15.6. The van der Waals surface area contributed by atoms with Crippen LogP contribution in [0.4, 0.5) is 5.69 Å². The highest BCUT2D eigenvalue weighted by Gasteiger charge is 2.11. The molecule has 3 nitrogen and oxygen atoms in total. The zero-order valence-electron chi connectivity index (χ0n) is 12.0. The number of hydrogen-bond donors (Lipinski definition) is 1. The fraction of sp³-hybridized carbons (Fsp3) is 0.235. The Morgan fingerprint density at radius 2 is 1.75 bits per heavy atom. The van der Waals surface area contributed by atoms with Gasteiger partial charge in [-0.25, -0.2) is 0 Å². The van der Waals surface area contributed by atoms with E-state index in [1.165, 1.54) is 0 Å². The number of amides is 1. The van der Waals surface area contributed by atoms with Crippen molar-refractivity contribution >= 4 is 11.6 Å². The number of rotatable bonds is 4. The predicted molar refractivity (Wildman–Crippen MR) is 82.2 cm³/mol. The van der Waals surface area contributed by atoms with E-state index in [0.29, 0.717) is 13.0 Å². The van der Waals surface area contributed by atoms with Crippen molar-refractivity contribution < 1.29 is 4.79 Å². The second-order valence-corrected chi connectivity index (χ2v) is 5.09. The number of hydrogen-bond acceptors (Lipinski definition) is 2. The van der Waals surface area contributed by atoms with Crippen molar-refractivity contribution in [1.82, 2.24) is 4.90 Å². The summed E-state index contributed by atoms with van der Waals surface area (Å²) in [7, 11) is 1.83. The predicted octanol–water partition coefficient (Wildman–Crippen LogP) is 2.78. The first kappa shape index (κ1) is 14.1. The molecule has 0 unspecified atom stereocenters. The molecule has 0 saturated heterocycles. The SMILES string of the molecule is Cc1ccccc1CC(=O)N(C)Cc1ccc(N)cc1. The summed E-state index contributed by atoms with van der Waals surface area (Å²) < 4.78 is 0. The van der Waals surface area contributed by atoms with Gasteiger partial charge in [-0.15, -0.1) is 0 Å². The zero-order chi connectivity index (χ0) is 14.5. The van der Waals surface area contributed by atoms with Gasteiger partial charge in [0.25, 0.3) is 0 Å². The first-order valence-electron chi connectivity index (χ1n) is 6.69. The van der Waals surface area contributed by atoms with E-state index >= 15 is 0 Å². The zero-order valence-corrected chi connectivity index (χ0v) is 12.0. The third-order valence-electron chi connectivity index (χ3n) is 3.43. The molecule has 0 saturated carbocycles. The van der Waals surface area contributed by atoms with Crippen LogP contribution in [0.3, 0.4) is 0 Å². The number of anilines is 1. The number of carbonyl (C=O) groups excluding carboxylic acids is 1. The van der Waals surface area contributed by atoms with Crippen molar-refractivity contribution in [3.05, 3.63) is 65.2 Å². The molecule has 2 N–H and O–H groups in total. The van der Waals surface area contributed by atoms with Crippen LogP contribution in [-0.4, -0.2) is 17.9 Å². The summed E-state index contributed by atoms with van der Waals surface area (Å²) in [4.78, 5) is 14.0. The molecule has 0 bridgehead atoms. The molecule has 0 atom stereocenters. The van der Waals surface area contributed by atoms with Gasteiger partial charge in [-0.3, -0.25) is 4.79 Å². The highest BCUT2D eigenvalue weighted by Crippen LogP contribution is 2.11. The van der Waals surface area contributed by atoms with Crippen molar-refractivity contribution in [2.24, 2.45) is 0 Å². The van der Waals surface area contributed by atoms with E-state index in [-0.39, 0.29) is 5.91 Å². The Bertz CT molecular complexity index is 590. The van der Waals surface area contributed by atoms with Crippen LogP contribution in [0.2, 0.25) is 0 Å². The normalized spacial score (nSPS) is 10.3. The molecule has 0 aliphatic rings. The van der Waals surface area contributed by atoms with Crippen LogP contribution in [0.1, 0.15) is 16.7 Å². The standard InChI is InChI=1S/C17H20N2O/c1-13-5-3-4-6-15(13)11-17(20)19(2)12-14-7-9-16(18)10-8-14/h3-10H,11-12,18H2,1-2H3. The van der Waals surface area contributed by atoms with Gasteiger partial charge in [-0.05, 0) is 35.7 Å². The minimum absolute atomic E-state index is 0.121. The number of nitrogen functional groups attached to an aromatic ring is 1. The maximum Gasteiger partial charge on any atom is 0.227 e. The van der Waals surface area contributed by atoms with Gasteiger partial charge in [0.05, 0.1) is 6.42 Å². The van der Waals surface area contributed by atoms with Gasteiger partial charge in [0.2, 0.25) is 5.91 Å². The fourth-order valence-corrected chi connectivity index (χ4v) is 2.09. The minimum atomic E-state index is 0.121. The van der Waals surface area contributed by atoms with E-state index in [2.05, 4.69) is 0 Å². The molecule has 0 spiro atoms. The fourth-order valence-electron chi connectivity index (χ4n) is 2.09. The number of nitrogens with zero attached hydrogens (tertiary/aromatic N) is 1. The smallest absolute Gasteiger partial charge is 0.227 e. The van der Waals surface area contributed by atoms with Crippen LogP contribution in [0.15, 0.2) is 48.5 Å². The first-order chi connectivity index (χ1) is 9.56. The summed E-state index contributed by atoms with van der Waals surface area (Å²) in [5, 5.41) is 0. The highest BCUT2D eigenvalue weighted by molar-refractivity contribution is 5.78. The molecule has 3 heteroatoms. The lowest BCUT2D eigenvalue weighted by Gasteiger charge is -2.18. The van der Waals surface area contributed by atoms with Gasteiger partial charge in [0, 0.05) is 19.3 Å². The lowest BCUT2D eigenvalue weighted by molar-refractivity contribution is -0.129. The van der Waals surface area contributed by atoms with E-state index in [1.54, 1.807) is 4.90 Å². The van der Waals surface area contributed by atoms with Crippen molar-refractivity contribution in [3.8, 4) is 0 Å². The van der Waals surface area contributed by atoms with Crippen LogP contribution in [-0.2, 0) is 17.8 Å². The highest BCUT2D eigenvalue weighted by atomic mass is 16.2. The Morgan fingerprint density at radius 3 is 2.40 bits per heavy atom. The molecule has 0 heterocycles. The maximum absolute atomic E-state index is 12.2.